The Bertz CT molecular complexity index is 753. The first-order valence-electron chi connectivity index (χ1n) is 7.54. The van der Waals surface area contributed by atoms with E-state index < -0.39 is 5.91 Å². The van der Waals surface area contributed by atoms with Crippen molar-refractivity contribution in [3.63, 3.8) is 0 Å². The number of amides is 2. The van der Waals surface area contributed by atoms with Gasteiger partial charge in [0.1, 0.15) is 0 Å². The molecule has 0 saturated heterocycles. The van der Waals surface area contributed by atoms with Crippen LogP contribution >= 0.6 is 11.6 Å². The Morgan fingerprint density at radius 3 is 2.08 bits per heavy atom. The Hall–Kier alpha value is -2.66. The zero-order valence-corrected chi connectivity index (χ0v) is 14.0. The third-order valence-electron chi connectivity index (χ3n) is 3.39. The molecule has 0 aliphatic rings. The predicted octanol–water partition coefficient (Wildman–Crippen LogP) is 3.37. The second-order valence-electron chi connectivity index (χ2n) is 5.20. The van der Waals surface area contributed by atoms with Gasteiger partial charge in [-0.2, -0.15) is 5.10 Å². The molecule has 2 aromatic rings. The molecule has 24 heavy (non-hydrogen) atoms. The molecule has 0 unspecified atom stereocenters. The monoisotopic (exact) mass is 343 g/mol. The maximum absolute atomic E-state index is 12.2. The van der Waals surface area contributed by atoms with E-state index in [-0.39, 0.29) is 5.91 Å². The second-order valence-corrected chi connectivity index (χ2v) is 5.63. The van der Waals surface area contributed by atoms with Crippen LogP contribution < -0.4 is 11.2 Å². The van der Waals surface area contributed by atoms with Crippen molar-refractivity contribution in [2.75, 3.05) is 0 Å². The summed E-state index contributed by atoms with van der Waals surface area (Å²) in [4.78, 5) is 23.2. The molecule has 0 spiro atoms. The number of carbonyl (C=O) groups is 2. The van der Waals surface area contributed by atoms with Crippen molar-refractivity contribution >= 4 is 29.1 Å². The SMILES string of the molecule is CCCC(=NNC(=O)c1ccc(C(N)=O)cc1)c1ccc(Cl)cc1. The molecular weight excluding hydrogens is 326 g/mol. The molecule has 0 fully saturated rings. The Morgan fingerprint density at radius 1 is 1.00 bits per heavy atom. The summed E-state index contributed by atoms with van der Waals surface area (Å²) in [6.45, 7) is 2.04. The molecule has 2 rings (SSSR count). The summed E-state index contributed by atoms with van der Waals surface area (Å²) in [7, 11) is 0. The molecule has 124 valence electrons. The molecule has 2 aromatic carbocycles. The fourth-order valence-corrected chi connectivity index (χ4v) is 2.24. The van der Waals surface area contributed by atoms with Gasteiger partial charge in [-0.15, -0.1) is 0 Å². The minimum Gasteiger partial charge on any atom is -0.366 e. The Balaban J connectivity index is 2.14. The quantitative estimate of drug-likeness (QED) is 0.622. The van der Waals surface area contributed by atoms with Crippen LogP contribution in [0.4, 0.5) is 0 Å². The molecule has 0 bridgehead atoms. The van der Waals surface area contributed by atoms with Gasteiger partial charge in [0.25, 0.3) is 5.91 Å². The largest absolute Gasteiger partial charge is 0.366 e. The van der Waals surface area contributed by atoms with Gasteiger partial charge in [-0.3, -0.25) is 9.59 Å². The van der Waals surface area contributed by atoms with Gasteiger partial charge in [-0.25, -0.2) is 5.43 Å². The molecule has 0 saturated carbocycles. The highest BCUT2D eigenvalue weighted by atomic mass is 35.5. The number of benzene rings is 2. The molecule has 2 amide bonds. The van der Waals surface area contributed by atoms with Crippen molar-refractivity contribution in [1.29, 1.82) is 0 Å². The van der Waals surface area contributed by atoms with E-state index in [0.29, 0.717) is 16.1 Å². The van der Waals surface area contributed by atoms with Gasteiger partial charge in [-0.1, -0.05) is 37.1 Å². The van der Waals surface area contributed by atoms with Crippen LogP contribution in [0, 0.1) is 0 Å². The number of hydrogen-bond donors (Lipinski definition) is 2. The van der Waals surface area contributed by atoms with Crippen LogP contribution in [-0.4, -0.2) is 17.5 Å². The molecule has 0 radical (unpaired) electrons. The highest BCUT2D eigenvalue weighted by Crippen LogP contribution is 2.12. The molecule has 5 nitrogen and oxygen atoms in total. The highest BCUT2D eigenvalue weighted by Gasteiger charge is 2.08. The van der Waals surface area contributed by atoms with E-state index in [2.05, 4.69) is 10.5 Å². The minimum atomic E-state index is -0.534. The summed E-state index contributed by atoms with van der Waals surface area (Å²) in [5.41, 5.74) is 10.2. The lowest BCUT2D eigenvalue weighted by Gasteiger charge is -2.07. The number of hydrazone groups is 1. The molecular formula is C18H18ClN3O2. The van der Waals surface area contributed by atoms with Crippen LogP contribution in [0.3, 0.4) is 0 Å². The van der Waals surface area contributed by atoms with E-state index in [0.717, 1.165) is 24.1 Å². The Morgan fingerprint density at radius 2 is 1.54 bits per heavy atom. The van der Waals surface area contributed by atoms with Gasteiger partial charge in [-0.05, 0) is 48.4 Å². The van der Waals surface area contributed by atoms with E-state index >= 15 is 0 Å². The van der Waals surface area contributed by atoms with Gasteiger partial charge in [0.15, 0.2) is 0 Å². The van der Waals surface area contributed by atoms with Crippen LogP contribution in [0.15, 0.2) is 53.6 Å². The van der Waals surface area contributed by atoms with E-state index in [1.807, 2.05) is 19.1 Å². The minimum absolute atomic E-state index is 0.350. The summed E-state index contributed by atoms with van der Waals surface area (Å²) in [5.74, 6) is -0.887. The third-order valence-corrected chi connectivity index (χ3v) is 3.64. The van der Waals surface area contributed by atoms with Crippen molar-refractivity contribution in [2.24, 2.45) is 10.8 Å². The van der Waals surface area contributed by atoms with Crippen molar-refractivity contribution in [1.82, 2.24) is 5.43 Å². The van der Waals surface area contributed by atoms with Crippen molar-refractivity contribution in [2.45, 2.75) is 19.8 Å². The van der Waals surface area contributed by atoms with E-state index in [4.69, 9.17) is 17.3 Å². The topological polar surface area (TPSA) is 84.6 Å². The van der Waals surface area contributed by atoms with Crippen LogP contribution in [0.5, 0.6) is 0 Å². The molecule has 0 aromatic heterocycles. The van der Waals surface area contributed by atoms with Crippen molar-refractivity contribution in [3.8, 4) is 0 Å². The zero-order chi connectivity index (χ0) is 17.5. The number of nitrogens with one attached hydrogen (secondary N) is 1. The predicted molar refractivity (Wildman–Crippen MR) is 95.3 cm³/mol. The first-order chi connectivity index (χ1) is 11.5. The summed E-state index contributed by atoms with van der Waals surface area (Å²) >= 11 is 5.89. The fourth-order valence-electron chi connectivity index (χ4n) is 2.11. The number of primary amides is 1. The zero-order valence-electron chi connectivity index (χ0n) is 13.3. The lowest BCUT2D eigenvalue weighted by atomic mass is 10.1. The highest BCUT2D eigenvalue weighted by molar-refractivity contribution is 6.30. The maximum atomic E-state index is 12.2. The van der Waals surface area contributed by atoms with Crippen LogP contribution in [0.1, 0.15) is 46.0 Å². The van der Waals surface area contributed by atoms with E-state index in [9.17, 15) is 9.59 Å². The normalized spacial score (nSPS) is 11.2. The molecule has 3 N–H and O–H groups in total. The summed E-state index contributed by atoms with van der Waals surface area (Å²) < 4.78 is 0. The van der Waals surface area contributed by atoms with Crippen LogP contribution in [-0.2, 0) is 0 Å². The molecule has 0 heterocycles. The van der Waals surface area contributed by atoms with E-state index in [1.54, 1.807) is 12.1 Å². The maximum Gasteiger partial charge on any atom is 0.271 e. The van der Waals surface area contributed by atoms with Crippen LogP contribution in [0.25, 0.3) is 0 Å². The average molecular weight is 344 g/mol. The lowest BCUT2D eigenvalue weighted by molar-refractivity contribution is 0.0952. The lowest BCUT2D eigenvalue weighted by Crippen LogP contribution is -2.20. The van der Waals surface area contributed by atoms with Gasteiger partial charge in [0.2, 0.25) is 5.91 Å². The third kappa shape index (κ3) is 4.67. The number of rotatable bonds is 6. The molecule has 0 aliphatic carbocycles. The fraction of sp³-hybridized carbons (Fsp3) is 0.167. The molecule has 0 aliphatic heterocycles. The Kier molecular flexibility index (Phi) is 6.09. The molecule has 6 heteroatoms. The van der Waals surface area contributed by atoms with Crippen molar-refractivity contribution in [3.05, 3.63) is 70.2 Å². The number of nitrogens with zero attached hydrogens (tertiary/aromatic N) is 1. The van der Waals surface area contributed by atoms with Gasteiger partial charge in [0, 0.05) is 16.1 Å². The summed E-state index contributed by atoms with van der Waals surface area (Å²) in [6, 6.07) is 13.4. The number of halogens is 1. The number of nitrogens with two attached hydrogens (primary N) is 1. The van der Waals surface area contributed by atoms with Crippen LogP contribution in [0.2, 0.25) is 5.02 Å². The first kappa shape index (κ1) is 17.7. The smallest absolute Gasteiger partial charge is 0.271 e. The van der Waals surface area contributed by atoms with Gasteiger partial charge < -0.3 is 5.73 Å². The average Bonchev–Trinajstić information content (AvgIpc) is 2.59. The second kappa shape index (κ2) is 8.26. The summed E-state index contributed by atoms with van der Waals surface area (Å²) in [5, 5.41) is 4.88. The Labute approximate surface area is 145 Å². The van der Waals surface area contributed by atoms with Gasteiger partial charge >= 0.3 is 0 Å². The molecule has 0 atom stereocenters. The standard InChI is InChI=1S/C18H18ClN3O2/c1-2-3-16(12-8-10-15(19)11-9-12)21-22-18(24)14-6-4-13(5-7-14)17(20)23/h4-11H,2-3H2,1H3,(H2,20,23)(H,22,24). The summed E-state index contributed by atoms with van der Waals surface area (Å²) in [6.07, 6.45) is 1.62. The van der Waals surface area contributed by atoms with Crippen molar-refractivity contribution < 1.29 is 9.59 Å². The van der Waals surface area contributed by atoms with E-state index in [1.165, 1.54) is 24.3 Å². The number of hydrogen-bond acceptors (Lipinski definition) is 3. The first-order valence-corrected chi connectivity index (χ1v) is 7.91. The number of carbonyl (C=O) groups excluding carboxylic acids is 2. The van der Waals surface area contributed by atoms with Gasteiger partial charge in [0.05, 0.1) is 5.71 Å².